The molecule has 0 unspecified atom stereocenters. The molecule has 1 aromatic heterocycles. The summed E-state index contributed by atoms with van der Waals surface area (Å²) in [6, 6.07) is 11.7. The minimum absolute atomic E-state index is 0.146. The molecule has 0 aliphatic heterocycles. The topological polar surface area (TPSA) is 57.8 Å². The molecule has 0 bridgehead atoms. The van der Waals surface area contributed by atoms with Gasteiger partial charge in [-0.15, -0.1) is 0 Å². The van der Waals surface area contributed by atoms with E-state index in [2.05, 4.69) is 15.5 Å². The van der Waals surface area contributed by atoms with Crippen LogP contribution >= 0.6 is 11.6 Å². The Morgan fingerprint density at radius 3 is 2.86 bits per heavy atom. The number of aromatic nitrogens is 2. The zero-order valence-corrected chi connectivity index (χ0v) is 11.6. The van der Waals surface area contributed by atoms with E-state index in [1.807, 2.05) is 24.3 Å². The number of hydrogen-bond acceptors (Lipinski definition) is 2. The number of aromatic amines is 1. The molecule has 4 nitrogen and oxygen atoms in total. The molecule has 0 saturated carbocycles. The van der Waals surface area contributed by atoms with Crippen LogP contribution in [0, 0.1) is 5.82 Å². The van der Waals surface area contributed by atoms with Crippen LogP contribution in [0.3, 0.4) is 0 Å². The van der Waals surface area contributed by atoms with Gasteiger partial charge in [-0.3, -0.25) is 9.89 Å². The number of nitrogens with zero attached hydrogens (tertiary/aromatic N) is 1. The lowest BCUT2D eigenvalue weighted by Gasteiger charge is -2.06. The molecule has 0 radical (unpaired) electrons. The fourth-order valence-electron chi connectivity index (χ4n) is 2.10. The maximum absolute atomic E-state index is 13.7. The van der Waals surface area contributed by atoms with Gasteiger partial charge < -0.3 is 5.32 Å². The fraction of sp³-hybridized carbons (Fsp3) is 0.0667. The summed E-state index contributed by atoms with van der Waals surface area (Å²) in [4.78, 5) is 12.0. The number of anilines is 1. The normalized spacial score (nSPS) is 10.8. The quantitative estimate of drug-likeness (QED) is 0.777. The van der Waals surface area contributed by atoms with E-state index in [0.29, 0.717) is 5.82 Å². The predicted molar refractivity (Wildman–Crippen MR) is 79.8 cm³/mol. The second-order valence-corrected chi connectivity index (χ2v) is 4.95. The summed E-state index contributed by atoms with van der Waals surface area (Å²) in [6.45, 7) is 0. The highest BCUT2D eigenvalue weighted by Crippen LogP contribution is 2.22. The van der Waals surface area contributed by atoms with Gasteiger partial charge in [0.05, 0.1) is 11.9 Å². The van der Waals surface area contributed by atoms with Gasteiger partial charge >= 0.3 is 0 Å². The maximum atomic E-state index is 13.7. The Kier molecular flexibility index (Phi) is 3.58. The van der Waals surface area contributed by atoms with Crippen molar-refractivity contribution in [2.75, 3.05) is 5.32 Å². The molecule has 1 heterocycles. The average molecular weight is 304 g/mol. The molecule has 0 spiro atoms. The van der Waals surface area contributed by atoms with Crippen molar-refractivity contribution < 1.29 is 9.18 Å². The van der Waals surface area contributed by atoms with E-state index in [-0.39, 0.29) is 22.9 Å². The van der Waals surface area contributed by atoms with E-state index >= 15 is 0 Å². The molecule has 0 saturated heterocycles. The number of para-hydroxylation sites is 1. The van der Waals surface area contributed by atoms with Gasteiger partial charge in [-0.05, 0) is 24.3 Å². The first-order valence-corrected chi connectivity index (χ1v) is 6.69. The van der Waals surface area contributed by atoms with Crippen LogP contribution in [0.4, 0.5) is 10.2 Å². The zero-order chi connectivity index (χ0) is 14.8. The van der Waals surface area contributed by atoms with Gasteiger partial charge in [-0.25, -0.2) is 4.39 Å². The Bertz CT molecular complexity index is 795. The van der Waals surface area contributed by atoms with E-state index in [0.717, 1.165) is 10.9 Å². The summed E-state index contributed by atoms with van der Waals surface area (Å²) in [5.74, 6) is -0.452. The number of carbonyl (C=O) groups excluding carboxylic acids is 1. The van der Waals surface area contributed by atoms with Crippen LogP contribution in [0.15, 0.2) is 42.5 Å². The molecule has 6 heteroatoms. The number of amides is 1. The summed E-state index contributed by atoms with van der Waals surface area (Å²) in [6.07, 6.45) is -0.146. The number of hydrogen-bond donors (Lipinski definition) is 2. The number of rotatable bonds is 3. The third-order valence-corrected chi connectivity index (χ3v) is 3.48. The van der Waals surface area contributed by atoms with Crippen molar-refractivity contribution in [1.82, 2.24) is 10.2 Å². The number of halogens is 2. The number of fused-ring (bicyclic) bond motifs is 1. The molecule has 0 fully saturated rings. The number of H-pyrrole nitrogens is 1. The van der Waals surface area contributed by atoms with Crippen molar-refractivity contribution in [2.45, 2.75) is 6.42 Å². The lowest BCUT2D eigenvalue weighted by molar-refractivity contribution is -0.115. The predicted octanol–water partition coefficient (Wildman–Crippen LogP) is 3.54. The minimum atomic E-state index is -0.496. The van der Waals surface area contributed by atoms with Gasteiger partial charge in [0.25, 0.3) is 0 Å². The summed E-state index contributed by atoms with van der Waals surface area (Å²) < 4.78 is 13.7. The van der Waals surface area contributed by atoms with Gasteiger partial charge in [0, 0.05) is 16.0 Å². The molecule has 3 aromatic rings. The monoisotopic (exact) mass is 303 g/mol. The summed E-state index contributed by atoms with van der Waals surface area (Å²) >= 11 is 5.91. The van der Waals surface area contributed by atoms with E-state index in [9.17, 15) is 9.18 Å². The first-order valence-electron chi connectivity index (χ1n) is 6.31. The first-order chi connectivity index (χ1) is 10.1. The lowest BCUT2D eigenvalue weighted by atomic mass is 10.1. The summed E-state index contributed by atoms with van der Waals surface area (Å²) in [5, 5.41) is 10.5. The second-order valence-electron chi connectivity index (χ2n) is 4.54. The van der Waals surface area contributed by atoms with E-state index in [4.69, 9.17) is 11.6 Å². The van der Waals surface area contributed by atoms with Gasteiger partial charge in [0.1, 0.15) is 5.82 Å². The number of nitrogens with one attached hydrogen (secondary N) is 2. The fourth-order valence-corrected chi connectivity index (χ4v) is 2.33. The van der Waals surface area contributed by atoms with Crippen molar-refractivity contribution in [3.05, 3.63) is 58.9 Å². The van der Waals surface area contributed by atoms with Crippen molar-refractivity contribution >= 4 is 34.2 Å². The van der Waals surface area contributed by atoms with Crippen LogP contribution in [0.25, 0.3) is 10.9 Å². The highest BCUT2D eigenvalue weighted by molar-refractivity contribution is 6.31. The third kappa shape index (κ3) is 2.73. The van der Waals surface area contributed by atoms with Gasteiger partial charge in [-0.2, -0.15) is 5.10 Å². The van der Waals surface area contributed by atoms with Gasteiger partial charge in [0.15, 0.2) is 5.82 Å². The standard InChI is InChI=1S/C15H11ClFN3O/c16-11-5-3-6-12(17)10(11)8-14(21)18-15-9-4-1-2-7-13(9)19-20-15/h1-7H,8H2,(H2,18,19,20,21). The van der Waals surface area contributed by atoms with Gasteiger partial charge in [0.2, 0.25) is 5.91 Å². The van der Waals surface area contributed by atoms with Crippen LogP contribution in [0.1, 0.15) is 5.56 Å². The SMILES string of the molecule is O=C(Cc1c(F)cccc1Cl)Nc1n[nH]c2ccccc12. The number of carbonyl (C=O) groups is 1. The van der Waals surface area contributed by atoms with Crippen LogP contribution in [0.5, 0.6) is 0 Å². The molecule has 0 aliphatic rings. The van der Waals surface area contributed by atoms with Crippen molar-refractivity contribution in [1.29, 1.82) is 0 Å². The van der Waals surface area contributed by atoms with E-state index < -0.39 is 5.82 Å². The Balaban J connectivity index is 1.81. The Labute approximate surface area is 124 Å². The second kappa shape index (κ2) is 5.54. The Morgan fingerprint density at radius 2 is 2.05 bits per heavy atom. The highest BCUT2D eigenvalue weighted by atomic mass is 35.5. The molecule has 106 valence electrons. The largest absolute Gasteiger partial charge is 0.308 e. The van der Waals surface area contributed by atoms with Gasteiger partial charge in [-0.1, -0.05) is 29.8 Å². The third-order valence-electron chi connectivity index (χ3n) is 3.13. The molecular formula is C15H11ClFN3O. The molecular weight excluding hydrogens is 293 g/mol. The summed E-state index contributed by atoms with van der Waals surface area (Å²) in [7, 11) is 0. The van der Waals surface area contributed by atoms with Crippen molar-refractivity contribution in [3.8, 4) is 0 Å². The average Bonchev–Trinajstić information content (AvgIpc) is 2.87. The van der Waals surface area contributed by atoms with Crippen LogP contribution < -0.4 is 5.32 Å². The summed E-state index contributed by atoms with van der Waals surface area (Å²) in [5.41, 5.74) is 0.994. The lowest BCUT2D eigenvalue weighted by Crippen LogP contribution is -2.16. The minimum Gasteiger partial charge on any atom is -0.308 e. The van der Waals surface area contributed by atoms with Crippen molar-refractivity contribution in [2.24, 2.45) is 0 Å². The zero-order valence-electron chi connectivity index (χ0n) is 10.9. The molecule has 2 N–H and O–H groups in total. The van der Waals surface area contributed by atoms with E-state index in [1.54, 1.807) is 6.07 Å². The molecule has 3 rings (SSSR count). The first kappa shape index (κ1) is 13.6. The van der Waals surface area contributed by atoms with Crippen LogP contribution in [0.2, 0.25) is 5.02 Å². The van der Waals surface area contributed by atoms with Crippen LogP contribution in [-0.2, 0) is 11.2 Å². The van der Waals surface area contributed by atoms with Crippen LogP contribution in [-0.4, -0.2) is 16.1 Å². The number of benzene rings is 2. The molecule has 0 atom stereocenters. The Hall–Kier alpha value is -2.40. The molecule has 2 aromatic carbocycles. The maximum Gasteiger partial charge on any atom is 0.230 e. The van der Waals surface area contributed by atoms with Crippen molar-refractivity contribution in [3.63, 3.8) is 0 Å². The van der Waals surface area contributed by atoms with E-state index in [1.165, 1.54) is 12.1 Å². The Morgan fingerprint density at radius 1 is 1.24 bits per heavy atom. The smallest absolute Gasteiger partial charge is 0.230 e. The molecule has 0 aliphatic carbocycles. The highest BCUT2D eigenvalue weighted by Gasteiger charge is 2.14. The molecule has 1 amide bonds. The molecule has 21 heavy (non-hydrogen) atoms.